The highest BCUT2D eigenvalue weighted by molar-refractivity contribution is 5.75. The summed E-state index contributed by atoms with van der Waals surface area (Å²) >= 11 is 0. The Balaban J connectivity index is 0.909. The van der Waals surface area contributed by atoms with E-state index in [9.17, 15) is 9.90 Å². The first-order chi connectivity index (χ1) is 27.8. The van der Waals surface area contributed by atoms with Crippen LogP contribution in [-0.4, -0.2) is 55.0 Å². The molecule has 2 heterocycles. The maximum Gasteiger partial charge on any atom is 0.315 e. The van der Waals surface area contributed by atoms with Crippen LogP contribution in [0.3, 0.4) is 0 Å². The minimum absolute atomic E-state index is 0.00189. The molecule has 4 unspecified atom stereocenters. The predicted molar refractivity (Wildman–Crippen MR) is 220 cm³/mol. The van der Waals surface area contributed by atoms with Crippen molar-refractivity contribution in [1.29, 1.82) is 0 Å². The lowest BCUT2D eigenvalue weighted by Crippen LogP contribution is -2.61. The molecule has 4 aromatic carbocycles. The highest BCUT2D eigenvalue weighted by Crippen LogP contribution is 2.55. The molecule has 0 aromatic heterocycles. The van der Waals surface area contributed by atoms with Crippen LogP contribution in [0.1, 0.15) is 91.2 Å². The van der Waals surface area contributed by atoms with Gasteiger partial charge in [-0.2, -0.15) is 0 Å². The quantitative estimate of drug-likeness (QED) is 0.141. The number of carbonyl (C=O) groups is 1. The summed E-state index contributed by atoms with van der Waals surface area (Å²) in [6, 6.07) is 29.2. The number of hydrogen-bond donors (Lipinski definition) is 3. The number of ether oxygens (including phenoxy) is 4. The van der Waals surface area contributed by atoms with E-state index >= 15 is 0 Å². The van der Waals surface area contributed by atoms with Gasteiger partial charge < -0.3 is 34.7 Å². The van der Waals surface area contributed by atoms with Gasteiger partial charge in [0.05, 0.1) is 33.0 Å². The van der Waals surface area contributed by atoms with Gasteiger partial charge in [0.25, 0.3) is 0 Å². The van der Waals surface area contributed by atoms with Crippen molar-refractivity contribution in [3.63, 3.8) is 0 Å². The van der Waals surface area contributed by atoms with Crippen LogP contribution in [-0.2, 0) is 35.6 Å². The molecule has 9 nitrogen and oxygen atoms in total. The summed E-state index contributed by atoms with van der Waals surface area (Å²) in [6.07, 6.45) is 7.54. The zero-order valence-electron chi connectivity index (χ0n) is 33.5. The van der Waals surface area contributed by atoms with Crippen LogP contribution in [0.2, 0.25) is 0 Å². The van der Waals surface area contributed by atoms with Gasteiger partial charge in [0.15, 0.2) is 17.8 Å². The summed E-state index contributed by atoms with van der Waals surface area (Å²) in [5, 5.41) is 16.4. The molecule has 2 amide bonds. The molecular weight excluding hydrogens is 715 g/mol. The van der Waals surface area contributed by atoms with Gasteiger partial charge in [0, 0.05) is 43.2 Å². The number of aliphatic hydroxyl groups is 1. The molecule has 10 rings (SSSR count). The summed E-state index contributed by atoms with van der Waals surface area (Å²) in [5.74, 6) is 3.95. The second kappa shape index (κ2) is 16.1. The minimum atomic E-state index is -0.576. The summed E-state index contributed by atoms with van der Waals surface area (Å²) in [7, 11) is 3.37. The number of hydrogen-bond acceptors (Lipinski definition) is 7. The van der Waals surface area contributed by atoms with Gasteiger partial charge in [-0.1, -0.05) is 67.6 Å². The molecule has 4 saturated carbocycles. The van der Waals surface area contributed by atoms with Crippen molar-refractivity contribution >= 4 is 6.03 Å². The molecule has 3 N–H and O–H groups in total. The van der Waals surface area contributed by atoms with E-state index in [1.807, 2.05) is 12.1 Å². The van der Waals surface area contributed by atoms with E-state index in [1.54, 1.807) is 14.2 Å². The van der Waals surface area contributed by atoms with Crippen molar-refractivity contribution in [2.45, 2.75) is 95.6 Å². The highest BCUT2D eigenvalue weighted by Gasteiger charge is 2.51. The smallest absolute Gasteiger partial charge is 0.315 e. The predicted octanol–water partition coefficient (Wildman–Crippen LogP) is 8.48. The Morgan fingerprint density at radius 3 is 2.16 bits per heavy atom. The Labute approximate surface area is 337 Å². The van der Waals surface area contributed by atoms with E-state index in [-0.39, 0.29) is 36.3 Å². The summed E-state index contributed by atoms with van der Waals surface area (Å²) in [6.45, 7) is 5.16. The number of aliphatic hydroxyl groups excluding tert-OH is 1. The SMILES string of the molecule is COc1cc2c(cc1OC)CN(CC1OC(c3cccc(-c4cccc(CNC(=O)NC56CC7CC(CC(C7)C5)C6)c4)c3)OC(c3ccc(CO)cc3)C1C)CC2. The number of methoxy groups -OCH3 is 2. The molecule has 0 radical (unpaired) electrons. The fourth-order valence-corrected chi connectivity index (χ4v) is 11.1. The number of rotatable bonds is 11. The monoisotopic (exact) mass is 771 g/mol. The fourth-order valence-electron chi connectivity index (χ4n) is 11.1. The van der Waals surface area contributed by atoms with E-state index in [1.165, 1.54) is 30.4 Å². The maximum atomic E-state index is 13.2. The third-order valence-corrected chi connectivity index (χ3v) is 13.6. The van der Waals surface area contributed by atoms with Crippen LogP contribution in [0.5, 0.6) is 11.5 Å². The maximum absolute atomic E-state index is 13.2. The molecule has 4 aliphatic carbocycles. The van der Waals surface area contributed by atoms with E-state index in [0.717, 1.165) is 108 Å². The standard InChI is InChI=1S/C48H57N3O6/c1-30-44(28-51-15-14-39-21-42(54-2)43(55-3)22-41(39)27-51)56-46(57-45(30)36-12-10-31(29-52)11-13-36)40-9-5-8-38(20-40)37-7-4-6-32(19-37)26-49-47(53)50-48-23-33-16-34(24-48)18-35(17-33)25-48/h4-13,19-22,30,33-35,44-46,52H,14-18,23-29H2,1-3H3,(H2,49,50,53). The Hall–Kier alpha value is -4.41. The molecule has 57 heavy (non-hydrogen) atoms. The first kappa shape index (κ1) is 38.1. The number of carbonyl (C=O) groups excluding carboxylic acids is 1. The zero-order chi connectivity index (χ0) is 39.1. The second-order valence-electron chi connectivity index (χ2n) is 17.6. The van der Waals surface area contributed by atoms with Gasteiger partial charge in [-0.05, 0) is 126 Å². The molecule has 2 aliphatic heterocycles. The van der Waals surface area contributed by atoms with Crippen molar-refractivity contribution in [3.8, 4) is 22.6 Å². The molecule has 4 aromatic rings. The first-order valence-corrected chi connectivity index (χ1v) is 21.0. The number of benzene rings is 4. The lowest BCUT2D eigenvalue weighted by molar-refractivity contribution is -0.276. The number of nitrogens with one attached hydrogen (secondary N) is 2. The van der Waals surface area contributed by atoms with E-state index < -0.39 is 6.29 Å². The normalized spacial score (nSPS) is 29.1. The number of fused-ring (bicyclic) bond motifs is 1. The summed E-state index contributed by atoms with van der Waals surface area (Å²) < 4.78 is 25.0. The van der Waals surface area contributed by atoms with E-state index in [2.05, 4.69) is 95.3 Å². The largest absolute Gasteiger partial charge is 0.493 e. The number of nitrogens with zero attached hydrogens (tertiary/aromatic N) is 1. The molecule has 4 bridgehead atoms. The second-order valence-corrected chi connectivity index (χ2v) is 17.6. The van der Waals surface area contributed by atoms with Gasteiger partial charge in [0.2, 0.25) is 0 Å². The Morgan fingerprint density at radius 2 is 1.47 bits per heavy atom. The van der Waals surface area contributed by atoms with E-state index in [4.69, 9.17) is 18.9 Å². The van der Waals surface area contributed by atoms with Crippen molar-refractivity contribution in [2.24, 2.45) is 23.7 Å². The van der Waals surface area contributed by atoms with Crippen molar-refractivity contribution < 1.29 is 28.8 Å². The van der Waals surface area contributed by atoms with Gasteiger partial charge in [-0.15, -0.1) is 0 Å². The minimum Gasteiger partial charge on any atom is -0.493 e. The Kier molecular flexibility index (Phi) is 10.8. The molecule has 0 spiro atoms. The average molecular weight is 772 g/mol. The van der Waals surface area contributed by atoms with Crippen molar-refractivity contribution in [3.05, 3.63) is 118 Å². The molecule has 4 atom stereocenters. The van der Waals surface area contributed by atoms with Crippen LogP contribution in [0, 0.1) is 23.7 Å². The van der Waals surface area contributed by atoms with Gasteiger partial charge in [-0.25, -0.2) is 4.79 Å². The average Bonchev–Trinajstić information content (AvgIpc) is 3.22. The van der Waals surface area contributed by atoms with Crippen LogP contribution >= 0.6 is 0 Å². The van der Waals surface area contributed by atoms with Crippen LogP contribution in [0.15, 0.2) is 84.9 Å². The number of urea groups is 1. The lowest BCUT2D eigenvalue weighted by Gasteiger charge is -2.56. The zero-order valence-corrected chi connectivity index (χ0v) is 33.5. The van der Waals surface area contributed by atoms with Crippen LogP contribution < -0.4 is 20.1 Å². The van der Waals surface area contributed by atoms with Gasteiger partial charge in [-0.3, -0.25) is 4.90 Å². The Bertz CT molecular complexity index is 2030. The summed E-state index contributed by atoms with van der Waals surface area (Å²) in [4.78, 5) is 15.7. The topological polar surface area (TPSA) is 102 Å². The molecule has 1 saturated heterocycles. The van der Waals surface area contributed by atoms with Crippen LogP contribution in [0.4, 0.5) is 4.79 Å². The lowest BCUT2D eigenvalue weighted by atomic mass is 9.53. The highest BCUT2D eigenvalue weighted by atomic mass is 16.7. The molecule has 9 heteroatoms. The molecule has 5 fully saturated rings. The van der Waals surface area contributed by atoms with Crippen LogP contribution in [0.25, 0.3) is 11.1 Å². The van der Waals surface area contributed by atoms with E-state index in [0.29, 0.717) is 6.54 Å². The summed E-state index contributed by atoms with van der Waals surface area (Å²) in [5.41, 5.74) is 8.64. The molecular formula is C48H57N3O6. The third kappa shape index (κ3) is 8.04. The Morgan fingerprint density at radius 1 is 0.807 bits per heavy atom. The van der Waals surface area contributed by atoms with Gasteiger partial charge >= 0.3 is 6.03 Å². The van der Waals surface area contributed by atoms with Gasteiger partial charge in [0.1, 0.15) is 0 Å². The molecule has 300 valence electrons. The molecule has 6 aliphatic rings. The number of amides is 2. The van der Waals surface area contributed by atoms with Crippen molar-refractivity contribution in [2.75, 3.05) is 27.3 Å². The first-order valence-electron chi connectivity index (χ1n) is 21.0. The fraction of sp³-hybridized carbons (Fsp3) is 0.479. The van der Waals surface area contributed by atoms with Crippen molar-refractivity contribution in [1.82, 2.24) is 15.5 Å². The third-order valence-electron chi connectivity index (χ3n) is 13.6.